The number of hydrogen-bond acceptors (Lipinski definition) is 3. The number of benzene rings is 2. The Hall–Kier alpha value is -2.16. The zero-order valence-corrected chi connectivity index (χ0v) is 12.8. The molecule has 0 aliphatic heterocycles. The Bertz CT molecular complexity index is 660. The molecule has 2 aromatic carbocycles. The summed E-state index contributed by atoms with van der Waals surface area (Å²) in [7, 11) is 0. The first kappa shape index (κ1) is 15.2. The summed E-state index contributed by atoms with van der Waals surface area (Å²) in [5.74, 6) is -0.373. The number of aryl methyl sites for hydroxylation is 2. The number of aromatic hydroxyl groups is 3. The van der Waals surface area contributed by atoms with Crippen LogP contribution in [0, 0.1) is 0 Å². The average Bonchev–Trinajstić information content (AvgIpc) is 2.50. The van der Waals surface area contributed by atoms with E-state index in [0.717, 1.165) is 24.0 Å². The summed E-state index contributed by atoms with van der Waals surface area (Å²) < 4.78 is 0. The van der Waals surface area contributed by atoms with Crippen molar-refractivity contribution >= 4 is 0 Å². The highest BCUT2D eigenvalue weighted by Crippen LogP contribution is 2.44. The SMILES string of the molecule is CCc1ccc(-c2cc(O)c(CC)c(O)c2O)c(CC)c1. The van der Waals surface area contributed by atoms with Crippen LogP contribution in [0.2, 0.25) is 0 Å². The summed E-state index contributed by atoms with van der Waals surface area (Å²) >= 11 is 0. The molecule has 2 rings (SSSR count). The lowest BCUT2D eigenvalue weighted by atomic mass is 9.93. The van der Waals surface area contributed by atoms with E-state index in [1.807, 2.05) is 19.1 Å². The van der Waals surface area contributed by atoms with Crippen molar-refractivity contribution in [1.82, 2.24) is 0 Å². The van der Waals surface area contributed by atoms with E-state index in [-0.39, 0.29) is 17.2 Å². The molecule has 0 spiro atoms. The number of rotatable bonds is 4. The van der Waals surface area contributed by atoms with Crippen molar-refractivity contribution < 1.29 is 15.3 Å². The van der Waals surface area contributed by atoms with Crippen LogP contribution in [0.15, 0.2) is 24.3 Å². The van der Waals surface area contributed by atoms with E-state index >= 15 is 0 Å². The molecule has 3 N–H and O–H groups in total. The average molecular weight is 286 g/mol. The normalized spacial score (nSPS) is 10.8. The van der Waals surface area contributed by atoms with Crippen LogP contribution >= 0.6 is 0 Å². The fourth-order valence-electron chi connectivity index (χ4n) is 2.66. The van der Waals surface area contributed by atoms with Crippen molar-refractivity contribution in [2.75, 3.05) is 0 Å². The molecule has 0 radical (unpaired) electrons. The minimum absolute atomic E-state index is 0.0180. The number of phenols is 3. The molecule has 0 saturated carbocycles. The predicted molar refractivity (Wildman–Crippen MR) is 85.0 cm³/mol. The molecule has 2 aromatic rings. The van der Waals surface area contributed by atoms with Gasteiger partial charge in [-0.3, -0.25) is 0 Å². The monoisotopic (exact) mass is 286 g/mol. The van der Waals surface area contributed by atoms with Gasteiger partial charge < -0.3 is 15.3 Å². The highest BCUT2D eigenvalue weighted by atomic mass is 16.3. The maximum absolute atomic E-state index is 10.3. The molecule has 0 bridgehead atoms. The van der Waals surface area contributed by atoms with Crippen LogP contribution in [0.3, 0.4) is 0 Å². The lowest BCUT2D eigenvalue weighted by Gasteiger charge is -2.15. The van der Waals surface area contributed by atoms with E-state index in [4.69, 9.17) is 0 Å². The highest BCUT2D eigenvalue weighted by molar-refractivity contribution is 5.79. The van der Waals surface area contributed by atoms with Gasteiger partial charge in [0, 0.05) is 11.1 Å². The Morgan fingerprint density at radius 3 is 2.05 bits per heavy atom. The van der Waals surface area contributed by atoms with E-state index in [0.29, 0.717) is 17.5 Å². The molecule has 0 heterocycles. The van der Waals surface area contributed by atoms with Crippen molar-refractivity contribution in [2.45, 2.75) is 40.0 Å². The Morgan fingerprint density at radius 1 is 0.762 bits per heavy atom. The lowest BCUT2D eigenvalue weighted by Crippen LogP contribution is -1.93. The summed E-state index contributed by atoms with van der Waals surface area (Å²) in [4.78, 5) is 0. The molecule has 0 amide bonds. The summed E-state index contributed by atoms with van der Waals surface area (Å²) in [6.07, 6.45) is 2.23. The van der Waals surface area contributed by atoms with E-state index in [9.17, 15) is 15.3 Å². The second-order valence-electron chi connectivity index (χ2n) is 5.17. The third kappa shape index (κ3) is 2.68. The molecule has 0 unspecified atom stereocenters. The molecule has 0 fully saturated rings. The Morgan fingerprint density at radius 2 is 1.48 bits per heavy atom. The fraction of sp³-hybridized carbons (Fsp3) is 0.333. The molecule has 0 atom stereocenters. The van der Waals surface area contributed by atoms with Crippen molar-refractivity contribution in [3.05, 3.63) is 41.0 Å². The Kier molecular flexibility index (Phi) is 4.41. The molecule has 0 aliphatic rings. The van der Waals surface area contributed by atoms with Crippen LogP contribution in [0.5, 0.6) is 17.2 Å². The zero-order valence-electron chi connectivity index (χ0n) is 12.8. The van der Waals surface area contributed by atoms with Crippen molar-refractivity contribution in [3.8, 4) is 28.4 Å². The molecule has 112 valence electrons. The Labute approximate surface area is 125 Å². The standard InChI is InChI=1S/C18H22O3/c1-4-11-7-8-14(12(5-2)9-11)15-10-16(19)13(6-3)17(20)18(15)21/h7-10,19-21H,4-6H2,1-3H3. The van der Waals surface area contributed by atoms with Gasteiger partial charge >= 0.3 is 0 Å². The topological polar surface area (TPSA) is 60.7 Å². The van der Waals surface area contributed by atoms with Crippen LogP contribution in [0.1, 0.15) is 37.5 Å². The molecule has 0 aromatic heterocycles. The van der Waals surface area contributed by atoms with Gasteiger partial charge in [0.25, 0.3) is 0 Å². The van der Waals surface area contributed by atoms with E-state index in [2.05, 4.69) is 19.9 Å². The molecule has 0 saturated heterocycles. The molecular formula is C18H22O3. The first-order chi connectivity index (χ1) is 10.0. The minimum atomic E-state index is -0.228. The summed E-state index contributed by atoms with van der Waals surface area (Å²) in [6.45, 7) is 5.97. The maximum atomic E-state index is 10.3. The van der Waals surface area contributed by atoms with Crippen LogP contribution in [-0.4, -0.2) is 15.3 Å². The molecule has 0 aliphatic carbocycles. The molecule has 21 heavy (non-hydrogen) atoms. The van der Waals surface area contributed by atoms with Gasteiger partial charge in [-0.05, 0) is 42.0 Å². The number of hydrogen-bond donors (Lipinski definition) is 3. The van der Waals surface area contributed by atoms with Gasteiger partial charge in [0.15, 0.2) is 11.5 Å². The Balaban J connectivity index is 2.67. The fourth-order valence-corrected chi connectivity index (χ4v) is 2.66. The first-order valence-corrected chi connectivity index (χ1v) is 7.42. The van der Waals surface area contributed by atoms with Gasteiger partial charge in [0.2, 0.25) is 0 Å². The van der Waals surface area contributed by atoms with Gasteiger partial charge in [0.05, 0.1) is 0 Å². The van der Waals surface area contributed by atoms with Gasteiger partial charge in [-0.2, -0.15) is 0 Å². The quantitative estimate of drug-likeness (QED) is 0.584. The van der Waals surface area contributed by atoms with Crippen molar-refractivity contribution in [3.63, 3.8) is 0 Å². The predicted octanol–water partition coefficient (Wildman–Crippen LogP) is 4.16. The summed E-state index contributed by atoms with van der Waals surface area (Å²) in [5.41, 5.74) is 4.02. The van der Waals surface area contributed by atoms with E-state index in [1.165, 1.54) is 11.6 Å². The molecular weight excluding hydrogens is 264 g/mol. The zero-order chi connectivity index (χ0) is 15.6. The number of phenolic OH excluding ortho intramolecular Hbond substituents is 3. The van der Waals surface area contributed by atoms with Crippen LogP contribution < -0.4 is 0 Å². The second kappa shape index (κ2) is 6.08. The lowest BCUT2D eigenvalue weighted by molar-refractivity contribution is 0.391. The second-order valence-corrected chi connectivity index (χ2v) is 5.17. The van der Waals surface area contributed by atoms with E-state index < -0.39 is 0 Å². The van der Waals surface area contributed by atoms with E-state index in [1.54, 1.807) is 0 Å². The van der Waals surface area contributed by atoms with Gasteiger partial charge in [-0.1, -0.05) is 39.0 Å². The van der Waals surface area contributed by atoms with Crippen molar-refractivity contribution in [2.24, 2.45) is 0 Å². The summed E-state index contributed by atoms with van der Waals surface area (Å²) in [5, 5.41) is 30.4. The van der Waals surface area contributed by atoms with Gasteiger partial charge in [0.1, 0.15) is 5.75 Å². The van der Waals surface area contributed by atoms with Gasteiger partial charge in [-0.15, -0.1) is 0 Å². The third-order valence-electron chi connectivity index (χ3n) is 3.96. The first-order valence-electron chi connectivity index (χ1n) is 7.42. The van der Waals surface area contributed by atoms with Crippen LogP contribution in [0.25, 0.3) is 11.1 Å². The van der Waals surface area contributed by atoms with Crippen LogP contribution in [-0.2, 0) is 19.3 Å². The molecule has 3 nitrogen and oxygen atoms in total. The van der Waals surface area contributed by atoms with Crippen LogP contribution in [0.4, 0.5) is 0 Å². The summed E-state index contributed by atoms with van der Waals surface area (Å²) in [6, 6.07) is 7.59. The molecule has 3 heteroatoms. The van der Waals surface area contributed by atoms with Gasteiger partial charge in [-0.25, -0.2) is 0 Å². The minimum Gasteiger partial charge on any atom is -0.508 e. The maximum Gasteiger partial charge on any atom is 0.166 e. The smallest absolute Gasteiger partial charge is 0.166 e. The largest absolute Gasteiger partial charge is 0.508 e. The third-order valence-corrected chi connectivity index (χ3v) is 3.96. The van der Waals surface area contributed by atoms with Crippen molar-refractivity contribution in [1.29, 1.82) is 0 Å². The highest BCUT2D eigenvalue weighted by Gasteiger charge is 2.18.